The summed E-state index contributed by atoms with van der Waals surface area (Å²) in [6, 6.07) is 12.1. The van der Waals surface area contributed by atoms with Crippen LogP contribution in [0, 0.1) is 0 Å². The van der Waals surface area contributed by atoms with Crippen LogP contribution >= 0.6 is 0 Å². The number of rotatable bonds is 5. The molecule has 0 saturated carbocycles. The van der Waals surface area contributed by atoms with Gasteiger partial charge in [-0.25, -0.2) is 4.79 Å². The third-order valence-corrected chi connectivity index (χ3v) is 4.33. The molecule has 0 heterocycles. The van der Waals surface area contributed by atoms with Crippen molar-refractivity contribution in [1.29, 1.82) is 0 Å². The van der Waals surface area contributed by atoms with Gasteiger partial charge in [-0.3, -0.25) is 4.21 Å². The molecule has 0 amide bonds. The van der Waals surface area contributed by atoms with Crippen LogP contribution in [0.1, 0.15) is 21.5 Å². The van der Waals surface area contributed by atoms with E-state index in [1.165, 1.54) is 44.6 Å². The fraction of sp³-hybridized carbons (Fsp3) is 0.188. The van der Waals surface area contributed by atoms with E-state index >= 15 is 0 Å². The summed E-state index contributed by atoms with van der Waals surface area (Å²) >= 11 is -2.93. The van der Waals surface area contributed by atoms with Crippen LogP contribution in [-0.4, -0.2) is 34.1 Å². The van der Waals surface area contributed by atoms with Crippen LogP contribution < -0.4 is 4.74 Å². The third kappa shape index (κ3) is 2.98. The maximum atomic E-state index is 11.8. The zero-order valence-electron chi connectivity index (χ0n) is 12.5. The number of carbonyl (C=O) groups is 1. The van der Waals surface area contributed by atoms with Gasteiger partial charge in [-0.05, 0) is 22.7 Å². The van der Waals surface area contributed by atoms with Gasteiger partial charge >= 0.3 is 5.97 Å². The molecule has 2 aromatic rings. The lowest BCUT2D eigenvalue weighted by molar-refractivity contribution is 0.0596. The SMILES string of the molecule is COC(=O)c1cccc(C(O)(c2ccccc2)S(=O)[O-])c1OC. The normalized spacial score (nSPS) is 14.6. The minimum atomic E-state index is -2.93. The summed E-state index contributed by atoms with van der Waals surface area (Å²) in [5.74, 6) is -0.759. The van der Waals surface area contributed by atoms with Gasteiger partial charge in [-0.15, -0.1) is 0 Å². The summed E-state index contributed by atoms with van der Waals surface area (Å²) < 4.78 is 33.5. The molecule has 0 aliphatic heterocycles. The smallest absolute Gasteiger partial charge is 0.341 e. The van der Waals surface area contributed by atoms with Crippen molar-refractivity contribution in [3.8, 4) is 5.75 Å². The zero-order chi connectivity index (χ0) is 17.0. The van der Waals surface area contributed by atoms with Gasteiger partial charge in [0.2, 0.25) is 0 Å². The van der Waals surface area contributed by atoms with Gasteiger partial charge in [0, 0.05) is 5.56 Å². The number of hydrogen-bond acceptors (Lipinski definition) is 6. The molecule has 6 nitrogen and oxygen atoms in total. The highest BCUT2D eigenvalue weighted by Crippen LogP contribution is 2.39. The summed E-state index contributed by atoms with van der Waals surface area (Å²) in [6.45, 7) is 0. The van der Waals surface area contributed by atoms with Gasteiger partial charge in [0.1, 0.15) is 11.3 Å². The Labute approximate surface area is 136 Å². The van der Waals surface area contributed by atoms with Crippen LogP contribution in [0.2, 0.25) is 0 Å². The average molecular weight is 335 g/mol. The number of methoxy groups -OCH3 is 2. The van der Waals surface area contributed by atoms with E-state index in [0.717, 1.165) is 0 Å². The number of carbonyl (C=O) groups excluding carboxylic acids is 1. The minimum absolute atomic E-state index is 0.0207. The maximum Gasteiger partial charge on any atom is 0.341 e. The molecule has 122 valence electrons. The van der Waals surface area contributed by atoms with E-state index < -0.39 is 22.0 Å². The molecule has 0 saturated heterocycles. The Morgan fingerprint density at radius 1 is 1.13 bits per heavy atom. The van der Waals surface area contributed by atoms with Crippen LogP contribution in [0.4, 0.5) is 0 Å². The molecule has 0 aliphatic carbocycles. The molecule has 1 N–H and O–H groups in total. The van der Waals surface area contributed by atoms with Crippen molar-refractivity contribution in [3.63, 3.8) is 0 Å². The molecule has 0 radical (unpaired) electrons. The molecular weight excluding hydrogens is 320 g/mol. The Morgan fingerprint density at radius 2 is 1.78 bits per heavy atom. The summed E-state index contributed by atoms with van der Waals surface area (Å²) in [5, 5.41) is 10.9. The lowest BCUT2D eigenvalue weighted by Gasteiger charge is -2.32. The molecule has 2 rings (SSSR count). The number of para-hydroxylation sites is 1. The topological polar surface area (TPSA) is 95.9 Å². The number of esters is 1. The van der Waals surface area contributed by atoms with Crippen LogP contribution in [0.15, 0.2) is 48.5 Å². The highest BCUT2D eigenvalue weighted by molar-refractivity contribution is 7.80. The third-order valence-electron chi connectivity index (χ3n) is 3.40. The molecule has 0 spiro atoms. The van der Waals surface area contributed by atoms with Gasteiger partial charge in [0.15, 0.2) is 4.93 Å². The Bertz CT molecular complexity index is 731. The largest absolute Gasteiger partial charge is 0.770 e. The molecule has 2 unspecified atom stereocenters. The van der Waals surface area contributed by atoms with Crippen molar-refractivity contribution in [1.82, 2.24) is 0 Å². The van der Waals surface area contributed by atoms with Gasteiger partial charge in [-0.2, -0.15) is 0 Å². The summed E-state index contributed by atoms with van der Waals surface area (Å²) in [5.41, 5.74) is 0.0865. The highest BCUT2D eigenvalue weighted by atomic mass is 32.2. The second kappa shape index (κ2) is 6.91. The van der Waals surface area contributed by atoms with Crippen LogP contribution in [0.25, 0.3) is 0 Å². The van der Waals surface area contributed by atoms with E-state index in [2.05, 4.69) is 4.74 Å². The fourth-order valence-electron chi connectivity index (χ4n) is 2.30. The highest BCUT2D eigenvalue weighted by Gasteiger charge is 2.37. The Balaban J connectivity index is 2.76. The summed E-state index contributed by atoms with van der Waals surface area (Å²) in [4.78, 5) is 9.48. The number of ether oxygens (including phenoxy) is 2. The van der Waals surface area contributed by atoms with Crippen LogP contribution in [0.3, 0.4) is 0 Å². The second-order valence-electron chi connectivity index (χ2n) is 4.62. The van der Waals surface area contributed by atoms with E-state index in [4.69, 9.17) is 4.74 Å². The van der Waals surface area contributed by atoms with Gasteiger partial charge in [0.25, 0.3) is 0 Å². The zero-order valence-corrected chi connectivity index (χ0v) is 13.3. The lowest BCUT2D eigenvalue weighted by Crippen LogP contribution is -2.33. The van der Waals surface area contributed by atoms with Crippen molar-refractivity contribution in [2.45, 2.75) is 4.93 Å². The molecule has 0 bridgehead atoms. The standard InChI is InChI=1S/C16H16O6S/c1-21-14-12(15(17)22-2)9-6-10-13(14)16(18,23(19)20)11-7-4-3-5-8-11/h3-10,18H,1-2H3,(H,19,20)/p-1. The summed E-state index contributed by atoms with van der Waals surface area (Å²) in [6.07, 6.45) is 0. The Morgan fingerprint density at radius 3 is 2.30 bits per heavy atom. The molecule has 2 aromatic carbocycles. The monoisotopic (exact) mass is 335 g/mol. The number of aliphatic hydroxyl groups is 1. The van der Waals surface area contributed by atoms with Gasteiger partial charge < -0.3 is 19.1 Å². The predicted molar refractivity (Wildman–Crippen MR) is 82.7 cm³/mol. The first-order valence-corrected chi connectivity index (χ1v) is 7.67. The Kier molecular flexibility index (Phi) is 5.15. The van der Waals surface area contributed by atoms with Crippen LogP contribution in [0.5, 0.6) is 5.75 Å². The molecule has 23 heavy (non-hydrogen) atoms. The van der Waals surface area contributed by atoms with Crippen molar-refractivity contribution in [3.05, 3.63) is 65.2 Å². The van der Waals surface area contributed by atoms with E-state index in [0.29, 0.717) is 0 Å². The molecule has 0 aliphatic rings. The van der Waals surface area contributed by atoms with E-state index in [-0.39, 0.29) is 22.4 Å². The van der Waals surface area contributed by atoms with Gasteiger partial charge in [-0.1, -0.05) is 42.5 Å². The quantitative estimate of drug-likeness (QED) is 0.658. The first-order valence-electron chi connectivity index (χ1n) is 6.59. The average Bonchev–Trinajstić information content (AvgIpc) is 2.60. The van der Waals surface area contributed by atoms with E-state index in [1.54, 1.807) is 18.2 Å². The fourth-order valence-corrected chi connectivity index (χ4v) is 2.97. The molecule has 0 aromatic heterocycles. The minimum Gasteiger partial charge on any atom is -0.770 e. The summed E-state index contributed by atoms with van der Waals surface area (Å²) in [7, 11) is 2.48. The van der Waals surface area contributed by atoms with Gasteiger partial charge in [0.05, 0.1) is 14.2 Å². The molecule has 2 atom stereocenters. The van der Waals surface area contributed by atoms with Crippen molar-refractivity contribution >= 4 is 17.0 Å². The van der Waals surface area contributed by atoms with Crippen molar-refractivity contribution < 1.29 is 28.1 Å². The first kappa shape index (κ1) is 17.1. The van der Waals surface area contributed by atoms with Crippen LogP contribution in [-0.2, 0) is 20.8 Å². The molecule has 0 fully saturated rings. The molecule has 7 heteroatoms. The number of benzene rings is 2. The van der Waals surface area contributed by atoms with Crippen molar-refractivity contribution in [2.75, 3.05) is 14.2 Å². The Hall–Kier alpha value is -2.22. The number of hydrogen-bond donors (Lipinski definition) is 1. The lowest BCUT2D eigenvalue weighted by atomic mass is 9.97. The van der Waals surface area contributed by atoms with E-state index in [9.17, 15) is 18.7 Å². The first-order chi connectivity index (χ1) is 11.0. The van der Waals surface area contributed by atoms with Crippen molar-refractivity contribution in [2.24, 2.45) is 0 Å². The maximum absolute atomic E-state index is 11.8. The van der Waals surface area contributed by atoms with E-state index in [1.807, 2.05) is 0 Å². The predicted octanol–water partition coefficient (Wildman–Crippen LogP) is 1.55. The molecular formula is C16H15O6S-. The second-order valence-corrected chi connectivity index (χ2v) is 5.68.